The van der Waals surface area contributed by atoms with Crippen LogP contribution in [-0.2, 0) is 19.6 Å². The van der Waals surface area contributed by atoms with Crippen molar-refractivity contribution in [2.45, 2.75) is 17.9 Å². The van der Waals surface area contributed by atoms with E-state index < -0.39 is 10.0 Å². The van der Waals surface area contributed by atoms with Crippen molar-refractivity contribution in [3.8, 4) is 0 Å². The summed E-state index contributed by atoms with van der Waals surface area (Å²) < 4.78 is 32.8. The van der Waals surface area contributed by atoms with Gasteiger partial charge >= 0.3 is 0 Å². The van der Waals surface area contributed by atoms with Gasteiger partial charge in [-0.25, -0.2) is 13.1 Å². The van der Waals surface area contributed by atoms with E-state index in [1.54, 1.807) is 24.3 Å². The maximum absolute atomic E-state index is 12.4. The highest BCUT2D eigenvalue weighted by Gasteiger charge is 2.29. The molecule has 0 aromatic heterocycles. The average molecular weight is 469 g/mol. The number of aryl methyl sites for hydroxylation is 1. The second-order valence-corrected chi connectivity index (χ2v) is 8.71. The molecule has 1 atom stereocenters. The summed E-state index contributed by atoms with van der Waals surface area (Å²) in [6, 6.07) is 6.81. The predicted octanol–water partition coefficient (Wildman–Crippen LogP) is 0.250. The third kappa shape index (κ3) is 7.36. The molecule has 3 rings (SSSR count). The van der Waals surface area contributed by atoms with Crippen molar-refractivity contribution in [1.29, 1.82) is 0 Å². The molecule has 8 nitrogen and oxygen atoms in total. The van der Waals surface area contributed by atoms with E-state index in [-0.39, 0.29) is 41.7 Å². The van der Waals surface area contributed by atoms with Gasteiger partial charge in [0, 0.05) is 52.4 Å². The zero-order valence-corrected chi connectivity index (χ0v) is 19.0. The lowest BCUT2D eigenvalue weighted by atomic mass is 10.2. The van der Waals surface area contributed by atoms with Crippen LogP contribution in [0.4, 0.5) is 0 Å². The van der Waals surface area contributed by atoms with Gasteiger partial charge in [-0.2, -0.15) is 0 Å². The van der Waals surface area contributed by atoms with Crippen LogP contribution in [-0.4, -0.2) is 89.2 Å². The van der Waals surface area contributed by atoms with Gasteiger partial charge in [-0.1, -0.05) is 17.7 Å². The van der Waals surface area contributed by atoms with Gasteiger partial charge in [-0.05, 0) is 19.1 Å². The molecule has 11 heteroatoms. The van der Waals surface area contributed by atoms with Crippen molar-refractivity contribution in [2.24, 2.45) is 0 Å². The third-order valence-corrected chi connectivity index (χ3v) is 6.42. The Balaban J connectivity index is 0.00000210. The smallest absolute Gasteiger partial charge is 0.253 e. The molecule has 2 N–H and O–H groups in total. The molecule has 0 spiro atoms. The summed E-state index contributed by atoms with van der Waals surface area (Å²) in [5, 5.41) is 3.17. The summed E-state index contributed by atoms with van der Waals surface area (Å²) in [7, 11) is -3.48. The highest BCUT2D eigenvalue weighted by atomic mass is 35.5. The Morgan fingerprint density at radius 1 is 1.17 bits per heavy atom. The average Bonchev–Trinajstić information content (AvgIpc) is 2.69. The molecule has 1 amide bonds. The standard InChI is InChI=1S/C18H28N4O4S.2ClH/c1-15-2-4-16(5-3-15)27(24,25)20-6-8-21-9-11-22(12-10-21)18(23)17-14-19-7-13-26-17;;/h2-5,17,19-20H,6-14H2,1H3;2*1H. The normalized spacial score (nSPS) is 20.4. The van der Waals surface area contributed by atoms with Gasteiger partial charge in [-0.15, -0.1) is 24.8 Å². The second-order valence-electron chi connectivity index (χ2n) is 6.94. The first-order valence-electron chi connectivity index (χ1n) is 9.35. The van der Waals surface area contributed by atoms with Crippen LogP contribution in [0.25, 0.3) is 0 Å². The van der Waals surface area contributed by atoms with Crippen LogP contribution >= 0.6 is 24.8 Å². The number of amides is 1. The van der Waals surface area contributed by atoms with Gasteiger partial charge in [-0.3, -0.25) is 9.69 Å². The molecule has 1 aromatic carbocycles. The largest absolute Gasteiger partial charge is 0.366 e. The number of ether oxygens (including phenoxy) is 1. The van der Waals surface area contributed by atoms with Crippen LogP contribution in [0.2, 0.25) is 0 Å². The van der Waals surface area contributed by atoms with E-state index in [4.69, 9.17) is 4.74 Å². The van der Waals surface area contributed by atoms with Crippen molar-refractivity contribution in [3.63, 3.8) is 0 Å². The van der Waals surface area contributed by atoms with Gasteiger partial charge in [0.25, 0.3) is 5.91 Å². The van der Waals surface area contributed by atoms with Crippen molar-refractivity contribution >= 4 is 40.7 Å². The first-order valence-corrected chi connectivity index (χ1v) is 10.8. The molecule has 2 fully saturated rings. The summed E-state index contributed by atoms with van der Waals surface area (Å²) in [6.45, 7) is 7.57. The highest BCUT2D eigenvalue weighted by Crippen LogP contribution is 2.10. The molecular formula is C18H30Cl2N4O4S. The highest BCUT2D eigenvalue weighted by molar-refractivity contribution is 7.89. The van der Waals surface area contributed by atoms with Gasteiger partial charge in [0.1, 0.15) is 6.10 Å². The summed E-state index contributed by atoms with van der Waals surface area (Å²) in [5.74, 6) is 0.0434. The van der Waals surface area contributed by atoms with Crippen LogP contribution in [0.3, 0.4) is 0 Å². The van der Waals surface area contributed by atoms with Crippen LogP contribution in [0, 0.1) is 6.92 Å². The first-order chi connectivity index (χ1) is 13.0. The van der Waals surface area contributed by atoms with Gasteiger partial charge in [0.15, 0.2) is 0 Å². The molecule has 2 aliphatic rings. The quantitative estimate of drug-likeness (QED) is 0.621. The lowest BCUT2D eigenvalue weighted by Crippen LogP contribution is -2.55. The number of carbonyl (C=O) groups is 1. The topological polar surface area (TPSA) is 91.0 Å². The van der Waals surface area contributed by atoms with Crippen molar-refractivity contribution in [1.82, 2.24) is 19.8 Å². The number of piperazine rings is 1. The van der Waals surface area contributed by atoms with E-state index in [1.165, 1.54) is 0 Å². The van der Waals surface area contributed by atoms with Crippen LogP contribution in [0.5, 0.6) is 0 Å². The molecule has 2 saturated heterocycles. The number of halogens is 2. The zero-order valence-electron chi connectivity index (χ0n) is 16.5. The number of sulfonamides is 1. The third-order valence-electron chi connectivity index (χ3n) is 4.94. The van der Waals surface area contributed by atoms with Gasteiger partial charge < -0.3 is 15.0 Å². The Morgan fingerprint density at radius 2 is 1.83 bits per heavy atom. The van der Waals surface area contributed by atoms with Gasteiger partial charge in [0.05, 0.1) is 11.5 Å². The van der Waals surface area contributed by atoms with Crippen LogP contribution in [0.1, 0.15) is 5.56 Å². The summed E-state index contributed by atoms with van der Waals surface area (Å²) in [6.07, 6.45) is -0.383. The Bertz CT molecular complexity index is 735. The molecule has 2 aliphatic heterocycles. The number of rotatable bonds is 6. The minimum atomic E-state index is -3.48. The lowest BCUT2D eigenvalue weighted by Gasteiger charge is -2.37. The molecule has 166 valence electrons. The number of carbonyl (C=O) groups excluding carboxylic acids is 1. The number of hydrogen-bond donors (Lipinski definition) is 2. The molecule has 0 bridgehead atoms. The first kappa shape index (κ1) is 26.1. The van der Waals surface area contributed by atoms with E-state index in [0.717, 1.165) is 25.2 Å². The summed E-state index contributed by atoms with van der Waals surface area (Å²) >= 11 is 0. The maximum atomic E-state index is 12.4. The fourth-order valence-electron chi connectivity index (χ4n) is 3.26. The Kier molecular flexibility index (Phi) is 10.8. The number of nitrogens with zero attached hydrogens (tertiary/aromatic N) is 2. The zero-order chi connectivity index (χ0) is 19.3. The molecule has 0 saturated carbocycles. The van der Waals surface area contributed by atoms with E-state index in [9.17, 15) is 13.2 Å². The fraction of sp³-hybridized carbons (Fsp3) is 0.611. The van der Waals surface area contributed by atoms with E-state index in [2.05, 4.69) is 14.9 Å². The molecule has 0 aliphatic carbocycles. The molecule has 29 heavy (non-hydrogen) atoms. The van der Waals surface area contributed by atoms with E-state index >= 15 is 0 Å². The number of hydrogen-bond acceptors (Lipinski definition) is 6. The predicted molar refractivity (Wildman–Crippen MR) is 116 cm³/mol. The lowest BCUT2D eigenvalue weighted by molar-refractivity contribution is -0.146. The Morgan fingerprint density at radius 3 is 2.41 bits per heavy atom. The fourth-order valence-corrected chi connectivity index (χ4v) is 4.28. The van der Waals surface area contributed by atoms with Crippen molar-refractivity contribution in [3.05, 3.63) is 29.8 Å². The second kappa shape index (κ2) is 12.0. The summed E-state index contributed by atoms with van der Waals surface area (Å²) in [4.78, 5) is 16.7. The van der Waals surface area contributed by atoms with Crippen LogP contribution in [0.15, 0.2) is 29.2 Å². The monoisotopic (exact) mass is 468 g/mol. The van der Waals surface area contributed by atoms with E-state index in [1.807, 2.05) is 11.8 Å². The van der Waals surface area contributed by atoms with Gasteiger partial charge in [0.2, 0.25) is 10.0 Å². The number of morpholine rings is 1. The minimum Gasteiger partial charge on any atom is -0.366 e. The van der Waals surface area contributed by atoms with E-state index in [0.29, 0.717) is 39.3 Å². The molecule has 0 radical (unpaired) electrons. The Labute approximate surface area is 185 Å². The molecule has 1 unspecified atom stereocenters. The maximum Gasteiger partial charge on any atom is 0.253 e. The summed E-state index contributed by atoms with van der Waals surface area (Å²) in [5.41, 5.74) is 1.02. The van der Waals surface area contributed by atoms with Crippen molar-refractivity contribution < 1.29 is 17.9 Å². The molecule has 2 heterocycles. The SMILES string of the molecule is Cc1ccc(S(=O)(=O)NCCN2CCN(C(=O)C3CNCCO3)CC2)cc1.Cl.Cl. The number of benzene rings is 1. The molecular weight excluding hydrogens is 439 g/mol. The number of nitrogens with one attached hydrogen (secondary N) is 2. The van der Waals surface area contributed by atoms with Crippen LogP contribution < -0.4 is 10.0 Å². The Hall–Kier alpha value is -0.940. The minimum absolute atomic E-state index is 0. The van der Waals surface area contributed by atoms with Crippen molar-refractivity contribution in [2.75, 3.05) is 59.0 Å². The molecule has 1 aromatic rings.